The average Bonchev–Trinajstić information content (AvgIpc) is 2.69. The number of alkyl halides is 3. The standard InChI is InChI=1S/C21H17F3N2O3S/c1-13-6-8-18(10-14(13)2)30(28,29)19-9-7-15(12-25-19)20(27)26-17-5-3-4-16(11-17)21(22,23)24/h3-12H,1-2H3,(H,26,27). The molecule has 0 unspecified atom stereocenters. The number of carbonyl (C=O) groups is 1. The predicted octanol–water partition coefficient (Wildman–Crippen LogP) is 4.80. The van der Waals surface area contributed by atoms with Crippen LogP contribution in [0.25, 0.3) is 0 Å². The summed E-state index contributed by atoms with van der Waals surface area (Å²) in [5, 5.41) is 2.11. The highest BCUT2D eigenvalue weighted by Gasteiger charge is 2.30. The molecule has 0 aliphatic rings. The summed E-state index contributed by atoms with van der Waals surface area (Å²) in [6, 6.07) is 11.4. The molecule has 30 heavy (non-hydrogen) atoms. The number of hydrogen-bond acceptors (Lipinski definition) is 4. The Bertz CT molecular complexity index is 1200. The Morgan fingerprint density at radius 1 is 0.967 bits per heavy atom. The molecule has 0 atom stereocenters. The maximum absolute atomic E-state index is 12.8. The number of pyridine rings is 1. The van der Waals surface area contributed by atoms with Gasteiger partial charge in [0.25, 0.3) is 5.91 Å². The highest BCUT2D eigenvalue weighted by molar-refractivity contribution is 7.91. The van der Waals surface area contributed by atoms with Crippen LogP contribution < -0.4 is 5.32 Å². The van der Waals surface area contributed by atoms with E-state index in [0.29, 0.717) is 0 Å². The highest BCUT2D eigenvalue weighted by Crippen LogP contribution is 2.30. The third-order valence-electron chi connectivity index (χ3n) is 4.51. The van der Waals surface area contributed by atoms with Crippen molar-refractivity contribution in [3.8, 4) is 0 Å². The zero-order chi connectivity index (χ0) is 22.1. The number of aromatic nitrogens is 1. The summed E-state index contributed by atoms with van der Waals surface area (Å²) < 4.78 is 63.8. The molecule has 9 heteroatoms. The molecule has 156 valence electrons. The number of nitrogens with one attached hydrogen (secondary N) is 1. The smallest absolute Gasteiger partial charge is 0.322 e. The Labute approximate surface area is 171 Å². The van der Waals surface area contributed by atoms with Crippen LogP contribution >= 0.6 is 0 Å². The molecule has 1 aromatic heterocycles. The van der Waals surface area contributed by atoms with Gasteiger partial charge >= 0.3 is 6.18 Å². The summed E-state index contributed by atoms with van der Waals surface area (Å²) in [4.78, 5) is 16.3. The maximum atomic E-state index is 12.8. The van der Waals surface area contributed by atoms with Gasteiger partial charge in [0.2, 0.25) is 9.84 Å². The van der Waals surface area contributed by atoms with Gasteiger partial charge in [0.1, 0.15) is 0 Å². The van der Waals surface area contributed by atoms with Crippen LogP contribution in [0.5, 0.6) is 0 Å². The normalized spacial score (nSPS) is 11.9. The highest BCUT2D eigenvalue weighted by atomic mass is 32.2. The fourth-order valence-electron chi connectivity index (χ4n) is 2.65. The van der Waals surface area contributed by atoms with Crippen LogP contribution in [0.4, 0.5) is 18.9 Å². The zero-order valence-corrected chi connectivity index (χ0v) is 16.8. The minimum absolute atomic E-state index is 0.00597. The largest absolute Gasteiger partial charge is 0.416 e. The van der Waals surface area contributed by atoms with Crippen LogP contribution in [0.1, 0.15) is 27.0 Å². The predicted molar refractivity (Wildman–Crippen MR) is 105 cm³/mol. The number of nitrogens with zero attached hydrogens (tertiary/aromatic N) is 1. The first-order valence-corrected chi connectivity index (χ1v) is 10.2. The van der Waals surface area contributed by atoms with E-state index in [0.717, 1.165) is 29.5 Å². The molecule has 0 saturated carbocycles. The van der Waals surface area contributed by atoms with E-state index in [9.17, 15) is 26.4 Å². The van der Waals surface area contributed by atoms with Gasteiger partial charge in [0, 0.05) is 11.9 Å². The van der Waals surface area contributed by atoms with Crippen LogP contribution in [-0.4, -0.2) is 19.3 Å². The number of benzene rings is 2. The second-order valence-electron chi connectivity index (χ2n) is 6.67. The lowest BCUT2D eigenvalue weighted by molar-refractivity contribution is -0.137. The lowest BCUT2D eigenvalue weighted by Gasteiger charge is -2.10. The van der Waals surface area contributed by atoms with Crippen LogP contribution in [0.15, 0.2) is 70.7 Å². The Hall–Kier alpha value is -3.20. The van der Waals surface area contributed by atoms with Crippen LogP contribution in [-0.2, 0) is 16.0 Å². The lowest BCUT2D eigenvalue weighted by atomic mass is 10.1. The van der Waals surface area contributed by atoms with Gasteiger partial charge in [-0.2, -0.15) is 13.2 Å². The number of aryl methyl sites for hydroxylation is 2. The molecule has 5 nitrogen and oxygen atoms in total. The molecule has 0 aliphatic carbocycles. The molecule has 2 aromatic carbocycles. The number of anilines is 1. The van der Waals surface area contributed by atoms with Crippen molar-refractivity contribution in [1.82, 2.24) is 4.98 Å². The summed E-state index contributed by atoms with van der Waals surface area (Å²) in [7, 11) is -3.87. The molecule has 0 bridgehead atoms. The molecule has 0 fully saturated rings. The average molecular weight is 434 g/mol. The van der Waals surface area contributed by atoms with Gasteiger partial charge in [0.05, 0.1) is 16.0 Å². The monoisotopic (exact) mass is 434 g/mol. The van der Waals surface area contributed by atoms with Gasteiger partial charge in [-0.15, -0.1) is 0 Å². The molecule has 0 spiro atoms. The fraction of sp³-hybridized carbons (Fsp3) is 0.143. The Kier molecular flexibility index (Phi) is 5.67. The Balaban J connectivity index is 1.81. The van der Waals surface area contributed by atoms with Crippen molar-refractivity contribution in [2.75, 3.05) is 5.32 Å². The van der Waals surface area contributed by atoms with Gasteiger partial charge in [-0.05, 0) is 67.4 Å². The fourth-order valence-corrected chi connectivity index (χ4v) is 3.91. The van der Waals surface area contributed by atoms with Crippen molar-refractivity contribution in [2.24, 2.45) is 0 Å². The second-order valence-corrected chi connectivity index (χ2v) is 8.56. The van der Waals surface area contributed by atoms with E-state index >= 15 is 0 Å². The molecule has 0 radical (unpaired) electrons. The van der Waals surface area contributed by atoms with E-state index in [4.69, 9.17) is 0 Å². The summed E-state index contributed by atoms with van der Waals surface area (Å²) in [5.74, 6) is -0.711. The molecule has 0 aliphatic heterocycles. The first-order valence-electron chi connectivity index (χ1n) is 8.75. The molecular formula is C21H17F3N2O3S. The van der Waals surface area contributed by atoms with Gasteiger partial charge in [-0.3, -0.25) is 4.79 Å². The van der Waals surface area contributed by atoms with Crippen molar-refractivity contribution >= 4 is 21.4 Å². The van der Waals surface area contributed by atoms with Gasteiger partial charge in [-0.25, -0.2) is 13.4 Å². The van der Waals surface area contributed by atoms with E-state index in [2.05, 4.69) is 10.3 Å². The lowest BCUT2D eigenvalue weighted by Crippen LogP contribution is -2.14. The van der Waals surface area contributed by atoms with Gasteiger partial charge in [-0.1, -0.05) is 12.1 Å². The number of halogens is 3. The van der Waals surface area contributed by atoms with Crippen molar-refractivity contribution in [2.45, 2.75) is 29.9 Å². The summed E-state index contributed by atoms with van der Waals surface area (Å²) in [6.07, 6.45) is -3.47. The summed E-state index contributed by atoms with van der Waals surface area (Å²) in [5.41, 5.74) is 0.832. The molecule has 3 rings (SSSR count). The third kappa shape index (κ3) is 4.51. The van der Waals surface area contributed by atoms with E-state index < -0.39 is 27.5 Å². The molecule has 1 N–H and O–H groups in total. The molecule has 3 aromatic rings. The number of amides is 1. The van der Waals surface area contributed by atoms with E-state index in [1.54, 1.807) is 19.1 Å². The minimum atomic E-state index is -4.54. The van der Waals surface area contributed by atoms with E-state index in [-0.39, 0.29) is 21.2 Å². The molecule has 0 saturated heterocycles. The van der Waals surface area contributed by atoms with Crippen molar-refractivity contribution in [1.29, 1.82) is 0 Å². The Morgan fingerprint density at radius 3 is 2.30 bits per heavy atom. The number of rotatable bonds is 4. The number of sulfone groups is 1. The van der Waals surface area contributed by atoms with Crippen molar-refractivity contribution < 1.29 is 26.4 Å². The quantitative estimate of drug-likeness (QED) is 0.640. The minimum Gasteiger partial charge on any atom is -0.322 e. The van der Waals surface area contributed by atoms with Gasteiger partial charge in [0.15, 0.2) is 5.03 Å². The van der Waals surface area contributed by atoms with Crippen LogP contribution in [0, 0.1) is 13.8 Å². The number of carbonyl (C=O) groups excluding carboxylic acids is 1. The molecular weight excluding hydrogens is 417 g/mol. The topological polar surface area (TPSA) is 76.1 Å². The SMILES string of the molecule is Cc1ccc(S(=O)(=O)c2ccc(C(=O)Nc3cccc(C(F)(F)F)c3)cn2)cc1C. The van der Waals surface area contributed by atoms with E-state index in [1.165, 1.54) is 30.3 Å². The first-order chi connectivity index (χ1) is 14.0. The van der Waals surface area contributed by atoms with Crippen molar-refractivity contribution in [3.63, 3.8) is 0 Å². The van der Waals surface area contributed by atoms with Gasteiger partial charge < -0.3 is 5.32 Å². The zero-order valence-electron chi connectivity index (χ0n) is 16.0. The molecule has 1 heterocycles. The van der Waals surface area contributed by atoms with Crippen LogP contribution in [0.2, 0.25) is 0 Å². The molecule has 1 amide bonds. The third-order valence-corrected chi connectivity index (χ3v) is 6.18. The van der Waals surface area contributed by atoms with Crippen molar-refractivity contribution in [3.05, 3.63) is 83.0 Å². The van der Waals surface area contributed by atoms with E-state index in [1.807, 2.05) is 6.92 Å². The number of hydrogen-bond donors (Lipinski definition) is 1. The Morgan fingerprint density at radius 2 is 1.70 bits per heavy atom. The van der Waals surface area contributed by atoms with Crippen LogP contribution in [0.3, 0.4) is 0 Å². The second kappa shape index (κ2) is 7.91. The summed E-state index contributed by atoms with van der Waals surface area (Å²) >= 11 is 0. The summed E-state index contributed by atoms with van der Waals surface area (Å²) in [6.45, 7) is 3.66. The maximum Gasteiger partial charge on any atom is 0.416 e. The first kappa shape index (κ1) is 21.5.